The lowest BCUT2D eigenvalue weighted by Gasteiger charge is -1.95. The zero-order valence-electron chi connectivity index (χ0n) is 5.68. The molecule has 0 amide bonds. The number of hydrogen-bond acceptors (Lipinski definition) is 3. The monoisotopic (exact) mass is 178 g/mol. The molecule has 0 atom stereocenters. The van der Waals surface area contributed by atoms with Gasteiger partial charge in [-0.2, -0.15) is 0 Å². The molecule has 0 aliphatic carbocycles. The zero-order valence-corrected chi connectivity index (χ0v) is 7.25. The molecular formula is C6H7ClO2S. The van der Waals surface area contributed by atoms with E-state index in [1.54, 1.807) is 19.6 Å². The fourth-order valence-electron chi connectivity index (χ4n) is 0.587. The molecule has 1 aromatic heterocycles. The van der Waals surface area contributed by atoms with E-state index < -0.39 is 0 Å². The summed E-state index contributed by atoms with van der Waals surface area (Å²) in [5.41, 5.74) is 0. The summed E-state index contributed by atoms with van der Waals surface area (Å²) in [4.78, 5) is 0. The quantitative estimate of drug-likeness (QED) is 0.693. The van der Waals surface area contributed by atoms with Gasteiger partial charge in [-0.1, -0.05) is 11.6 Å². The van der Waals surface area contributed by atoms with Crippen LogP contribution in [0.3, 0.4) is 0 Å². The van der Waals surface area contributed by atoms with Crippen molar-refractivity contribution >= 4 is 22.9 Å². The minimum atomic E-state index is 0.551. The molecule has 0 spiro atoms. The van der Waals surface area contributed by atoms with Crippen LogP contribution in [-0.2, 0) is 0 Å². The molecule has 4 heteroatoms. The van der Waals surface area contributed by atoms with Crippen LogP contribution in [-0.4, -0.2) is 14.2 Å². The standard InChI is InChI=1S/C6H7ClO2S/c1-8-4-3-10-6(9-2)5(4)7/h3H,1-2H3. The van der Waals surface area contributed by atoms with Gasteiger partial charge in [0.2, 0.25) is 0 Å². The first-order valence-corrected chi connectivity index (χ1v) is 3.90. The van der Waals surface area contributed by atoms with Crippen molar-refractivity contribution in [3.05, 3.63) is 10.4 Å². The van der Waals surface area contributed by atoms with Gasteiger partial charge in [0.25, 0.3) is 0 Å². The minimum absolute atomic E-state index is 0.551. The molecule has 2 nitrogen and oxygen atoms in total. The Hall–Kier alpha value is -0.410. The van der Waals surface area contributed by atoms with Crippen LogP contribution in [0.25, 0.3) is 0 Å². The average Bonchev–Trinajstić information content (AvgIpc) is 2.30. The molecule has 0 bridgehead atoms. The minimum Gasteiger partial charge on any atom is -0.494 e. The Labute approximate surface area is 68.3 Å². The van der Waals surface area contributed by atoms with Crippen molar-refractivity contribution in [3.63, 3.8) is 0 Å². The van der Waals surface area contributed by atoms with Gasteiger partial charge in [0.15, 0.2) is 10.8 Å². The van der Waals surface area contributed by atoms with Gasteiger partial charge in [0.1, 0.15) is 5.02 Å². The Bertz CT molecular complexity index is 200. The summed E-state index contributed by atoms with van der Waals surface area (Å²) in [6.07, 6.45) is 0. The molecule has 0 saturated heterocycles. The highest BCUT2D eigenvalue weighted by molar-refractivity contribution is 7.12. The van der Waals surface area contributed by atoms with E-state index in [9.17, 15) is 0 Å². The molecule has 0 aliphatic heterocycles. The third-order valence-electron chi connectivity index (χ3n) is 1.07. The number of thiophene rings is 1. The molecule has 56 valence electrons. The number of methoxy groups -OCH3 is 2. The Morgan fingerprint density at radius 3 is 2.40 bits per heavy atom. The van der Waals surface area contributed by atoms with E-state index >= 15 is 0 Å². The fraction of sp³-hybridized carbons (Fsp3) is 0.333. The number of ether oxygens (including phenoxy) is 2. The maximum Gasteiger partial charge on any atom is 0.196 e. The summed E-state index contributed by atoms with van der Waals surface area (Å²) in [6, 6.07) is 0. The van der Waals surface area contributed by atoms with Crippen molar-refractivity contribution in [2.45, 2.75) is 0 Å². The van der Waals surface area contributed by atoms with E-state index in [0.717, 1.165) is 0 Å². The highest BCUT2D eigenvalue weighted by Crippen LogP contribution is 2.39. The molecule has 0 aliphatic rings. The van der Waals surface area contributed by atoms with Gasteiger partial charge in [-0.25, -0.2) is 0 Å². The van der Waals surface area contributed by atoms with Crippen LogP contribution in [0, 0.1) is 0 Å². The van der Waals surface area contributed by atoms with Crippen LogP contribution < -0.4 is 9.47 Å². The Morgan fingerprint density at radius 2 is 2.10 bits per heavy atom. The van der Waals surface area contributed by atoms with Crippen molar-refractivity contribution in [2.24, 2.45) is 0 Å². The van der Waals surface area contributed by atoms with E-state index in [1.807, 2.05) is 0 Å². The molecular weight excluding hydrogens is 172 g/mol. The van der Waals surface area contributed by atoms with Crippen molar-refractivity contribution in [2.75, 3.05) is 14.2 Å². The first-order chi connectivity index (χ1) is 4.79. The lowest BCUT2D eigenvalue weighted by atomic mass is 10.6. The number of hydrogen-bond donors (Lipinski definition) is 0. The molecule has 0 N–H and O–H groups in total. The summed E-state index contributed by atoms with van der Waals surface area (Å²) < 4.78 is 9.86. The SMILES string of the molecule is COc1csc(OC)c1Cl. The van der Waals surface area contributed by atoms with Crippen LogP contribution >= 0.6 is 22.9 Å². The summed E-state index contributed by atoms with van der Waals surface area (Å²) >= 11 is 7.21. The Morgan fingerprint density at radius 1 is 1.40 bits per heavy atom. The maximum atomic E-state index is 5.79. The second-order valence-electron chi connectivity index (χ2n) is 1.61. The smallest absolute Gasteiger partial charge is 0.196 e. The predicted molar refractivity (Wildman–Crippen MR) is 42.4 cm³/mol. The van der Waals surface area contributed by atoms with Gasteiger partial charge in [-0.3, -0.25) is 0 Å². The molecule has 0 saturated carbocycles. The van der Waals surface area contributed by atoms with E-state index in [0.29, 0.717) is 15.8 Å². The first-order valence-electron chi connectivity index (χ1n) is 2.64. The van der Waals surface area contributed by atoms with Crippen LogP contribution in [0.2, 0.25) is 5.02 Å². The lowest BCUT2D eigenvalue weighted by molar-refractivity contribution is 0.406. The highest BCUT2D eigenvalue weighted by Gasteiger charge is 2.08. The van der Waals surface area contributed by atoms with Crippen LogP contribution in [0.1, 0.15) is 0 Å². The van der Waals surface area contributed by atoms with Crippen LogP contribution in [0.15, 0.2) is 5.38 Å². The Kier molecular flexibility index (Phi) is 2.40. The summed E-state index contributed by atoms with van der Waals surface area (Å²) in [5.74, 6) is 0.670. The maximum absolute atomic E-state index is 5.79. The first kappa shape index (κ1) is 7.69. The van der Waals surface area contributed by atoms with E-state index in [1.165, 1.54) is 11.3 Å². The molecule has 1 rings (SSSR count). The Balaban J connectivity index is 2.97. The third kappa shape index (κ3) is 1.20. The molecule has 0 fully saturated rings. The number of halogens is 1. The second kappa shape index (κ2) is 3.12. The van der Waals surface area contributed by atoms with Crippen molar-refractivity contribution in [3.8, 4) is 10.8 Å². The molecule has 1 heterocycles. The van der Waals surface area contributed by atoms with Gasteiger partial charge < -0.3 is 9.47 Å². The fourth-order valence-corrected chi connectivity index (χ4v) is 1.72. The van der Waals surface area contributed by atoms with Gasteiger partial charge in [0, 0.05) is 5.38 Å². The van der Waals surface area contributed by atoms with Crippen LogP contribution in [0.4, 0.5) is 0 Å². The largest absolute Gasteiger partial charge is 0.494 e. The molecule has 1 aromatic rings. The van der Waals surface area contributed by atoms with Gasteiger partial charge in [-0.15, -0.1) is 11.3 Å². The van der Waals surface area contributed by atoms with Gasteiger partial charge in [-0.05, 0) is 0 Å². The average molecular weight is 179 g/mol. The highest BCUT2D eigenvalue weighted by atomic mass is 35.5. The van der Waals surface area contributed by atoms with Crippen molar-refractivity contribution in [1.29, 1.82) is 0 Å². The summed E-state index contributed by atoms with van der Waals surface area (Å²) in [7, 11) is 3.16. The normalized spacial score (nSPS) is 9.50. The third-order valence-corrected chi connectivity index (χ3v) is 2.46. The number of rotatable bonds is 2. The molecule has 0 aromatic carbocycles. The van der Waals surface area contributed by atoms with Crippen molar-refractivity contribution < 1.29 is 9.47 Å². The summed E-state index contributed by atoms with van der Waals surface area (Å²) in [6.45, 7) is 0. The van der Waals surface area contributed by atoms with Crippen molar-refractivity contribution in [1.82, 2.24) is 0 Å². The predicted octanol–water partition coefficient (Wildman–Crippen LogP) is 2.42. The summed E-state index contributed by atoms with van der Waals surface area (Å²) in [5, 5.41) is 3.05. The van der Waals surface area contributed by atoms with Gasteiger partial charge >= 0.3 is 0 Å². The van der Waals surface area contributed by atoms with Crippen LogP contribution in [0.5, 0.6) is 10.8 Å². The van der Waals surface area contributed by atoms with E-state index in [-0.39, 0.29) is 0 Å². The second-order valence-corrected chi connectivity index (χ2v) is 2.83. The zero-order chi connectivity index (χ0) is 7.56. The van der Waals surface area contributed by atoms with Gasteiger partial charge in [0.05, 0.1) is 14.2 Å². The molecule has 0 unspecified atom stereocenters. The molecule has 0 radical (unpaired) electrons. The lowest BCUT2D eigenvalue weighted by Crippen LogP contribution is -1.80. The van der Waals surface area contributed by atoms with E-state index in [4.69, 9.17) is 21.1 Å². The van der Waals surface area contributed by atoms with E-state index in [2.05, 4.69) is 0 Å². The topological polar surface area (TPSA) is 18.5 Å². The molecule has 10 heavy (non-hydrogen) atoms.